The van der Waals surface area contributed by atoms with Crippen LogP contribution < -0.4 is 14.8 Å². The van der Waals surface area contributed by atoms with Crippen LogP contribution in [0.5, 0.6) is 11.5 Å². The molecule has 0 spiro atoms. The first-order valence-corrected chi connectivity index (χ1v) is 9.70. The van der Waals surface area contributed by atoms with Gasteiger partial charge < -0.3 is 14.8 Å². The highest BCUT2D eigenvalue weighted by Gasteiger charge is 2.30. The van der Waals surface area contributed by atoms with Crippen LogP contribution in [0.1, 0.15) is 30.0 Å². The fourth-order valence-corrected chi connectivity index (χ4v) is 3.59. The molecular weight excluding hydrogens is 362 g/mol. The minimum absolute atomic E-state index is 0.0231. The molecular formula is C25H27NO3. The second-order valence-electron chi connectivity index (χ2n) is 7.06. The number of nitrogens with one attached hydrogen (secondary N) is 1. The number of para-hydroxylation sites is 1. The summed E-state index contributed by atoms with van der Waals surface area (Å²) in [5.74, 6) is 1.32. The predicted molar refractivity (Wildman–Crippen MR) is 115 cm³/mol. The van der Waals surface area contributed by atoms with Gasteiger partial charge in [0.25, 0.3) is 0 Å². The van der Waals surface area contributed by atoms with Crippen LogP contribution in [0.15, 0.2) is 78.9 Å². The SMILES string of the molecule is COc1cccc(CCC(=O)NC(C)(c2ccccc2)c2ccccc2)c1OC. The molecule has 29 heavy (non-hydrogen) atoms. The number of hydrogen-bond acceptors (Lipinski definition) is 3. The van der Waals surface area contributed by atoms with Gasteiger partial charge in [-0.25, -0.2) is 0 Å². The van der Waals surface area contributed by atoms with Crippen molar-refractivity contribution in [2.45, 2.75) is 25.3 Å². The predicted octanol–water partition coefficient (Wildman–Crippen LogP) is 4.72. The average molecular weight is 389 g/mol. The fourth-order valence-electron chi connectivity index (χ4n) is 3.59. The zero-order valence-corrected chi connectivity index (χ0v) is 17.1. The molecule has 3 aromatic carbocycles. The highest BCUT2D eigenvalue weighted by atomic mass is 16.5. The van der Waals surface area contributed by atoms with E-state index in [0.29, 0.717) is 24.3 Å². The molecule has 0 aromatic heterocycles. The van der Waals surface area contributed by atoms with E-state index in [1.165, 1.54) is 0 Å². The number of rotatable bonds is 8. The van der Waals surface area contributed by atoms with Gasteiger partial charge in [0.1, 0.15) is 0 Å². The van der Waals surface area contributed by atoms with Crippen LogP contribution in [0.25, 0.3) is 0 Å². The lowest BCUT2D eigenvalue weighted by molar-refractivity contribution is -0.122. The third-order valence-corrected chi connectivity index (χ3v) is 5.20. The number of methoxy groups -OCH3 is 2. The average Bonchev–Trinajstić information content (AvgIpc) is 2.78. The van der Waals surface area contributed by atoms with E-state index in [1.54, 1.807) is 14.2 Å². The zero-order chi connectivity index (χ0) is 20.7. The molecule has 0 aliphatic carbocycles. The van der Waals surface area contributed by atoms with Gasteiger partial charge in [0.15, 0.2) is 11.5 Å². The maximum atomic E-state index is 12.9. The summed E-state index contributed by atoms with van der Waals surface area (Å²) in [7, 11) is 3.22. The Bertz CT molecular complexity index is 899. The normalized spacial score (nSPS) is 11.0. The smallest absolute Gasteiger partial charge is 0.221 e. The lowest BCUT2D eigenvalue weighted by Crippen LogP contribution is -2.44. The lowest BCUT2D eigenvalue weighted by atomic mass is 9.84. The Labute approximate surface area is 172 Å². The van der Waals surface area contributed by atoms with Crippen LogP contribution in [0.2, 0.25) is 0 Å². The third-order valence-electron chi connectivity index (χ3n) is 5.20. The number of hydrogen-bond donors (Lipinski definition) is 1. The summed E-state index contributed by atoms with van der Waals surface area (Å²) in [6.07, 6.45) is 0.907. The van der Waals surface area contributed by atoms with Crippen molar-refractivity contribution in [2.75, 3.05) is 14.2 Å². The molecule has 1 N–H and O–H groups in total. The van der Waals surface area contributed by atoms with Crippen LogP contribution in [0.3, 0.4) is 0 Å². The van der Waals surface area contributed by atoms with Crippen molar-refractivity contribution in [1.29, 1.82) is 0 Å². The minimum Gasteiger partial charge on any atom is -0.493 e. The monoisotopic (exact) mass is 389 g/mol. The first-order valence-electron chi connectivity index (χ1n) is 9.70. The third kappa shape index (κ3) is 4.60. The summed E-state index contributed by atoms with van der Waals surface area (Å²) in [4.78, 5) is 12.9. The van der Waals surface area contributed by atoms with Crippen LogP contribution in [-0.4, -0.2) is 20.1 Å². The molecule has 1 amide bonds. The number of amides is 1. The second-order valence-corrected chi connectivity index (χ2v) is 7.06. The molecule has 0 aliphatic heterocycles. The maximum absolute atomic E-state index is 12.9. The Hall–Kier alpha value is -3.27. The quantitative estimate of drug-likeness (QED) is 0.607. The van der Waals surface area contributed by atoms with Gasteiger partial charge in [-0.05, 0) is 36.1 Å². The van der Waals surface area contributed by atoms with Crippen molar-refractivity contribution in [2.24, 2.45) is 0 Å². The largest absolute Gasteiger partial charge is 0.493 e. The molecule has 0 unspecified atom stereocenters. The Morgan fingerprint density at radius 1 is 0.828 bits per heavy atom. The highest BCUT2D eigenvalue weighted by Crippen LogP contribution is 2.32. The van der Waals surface area contributed by atoms with Crippen LogP contribution in [0.4, 0.5) is 0 Å². The molecule has 4 nitrogen and oxygen atoms in total. The molecule has 3 rings (SSSR count). The maximum Gasteiger partial charge on any atom is 0.221 e. The molecule has 0 radical (unpaired) electrons. The molecule has 3 aromatic rings. The van der Waals surface area contributed by atoms with E-state index in [9.17, 15) is 4.79 Å². The lowest BCUT2D eigenvalue weighted by Gasteiger charge is -2.32. The van der Waals surface area contributed by atoms with Crippen molar-refractivity contribution < 1.29 is 14.3 Å². The van der Waals surface area contributed by atoms with Crippen molar-refractivity contribution in [1.82, 2.24) is 5.32 Å². The van der Waals surface area contributed by atoms with Crippen molar-refractivity contribution in [3.8, 4) is 11.5 Å². The van der Waals surface area contributed by atoms with E-state index < -0.39 is 5.54 Å². The number of carbonyl (C=O) groups excluding carboxylic acids is 1. The summed E-state index contributed by atoms with van der Waals surface area (Å²) in [6.45, 7) is 2.04. The standard InChI is InChI=1S/C25H27NO3/c1-25(20-12-6-4-7-13-20,21-14-8-5-9-15-21)26-23(27)18-17-19-11-10-16-22(28-2)24(19)29-3/h4-16H,17-18H2,1-3H3,(H,26,27). The van der Waals surface area contributed by atoms with E-state index >= 15 is 0 Å². The number of ether oxygens (including phenoxy) is 2. The number of aryl methyl sites for hydroxylation is 1. The first-order chi connectivity index (χ1) is 14.1. The molecule has 0 saturated heterocycles. The van der Waals surface area contributed by atoms with Gasteiger partial charge in [-0.3, -0.25) is 4.79 Å². The van der Waals surface area contributed by atoms with Gasteiger partial charge in [0.2, 0.25) is 5.91 Å². The molecule has 0 fully saturated rings. The molecule has 4 heteroatoms. The second kappa shape index (κ2) is 9.28. The zero-order valence-electron chi connectivity index (χ0n) is 17.1. The molecule has 0 atom stereocenters. The van der Waals surface area contributed by atoms with Crippen LogP contribution >= 0.6 is 0 Å². The summed E-state index contributed by atoms with van der Waals surface area (Å²) in [5, 5.41) is 3.25. The van der Waals surface area contributed by atoms with E-state index in [4.69, 9.17) is 9.47 Å². The van der Waals surface area contributed by atoms with Gasteiger partial charge in [-0.1, -0.05) is 72.8 Å². The van der Waals surface area contributed by atoms with E-state index in [2.05, 4.69) is 5.32 Å². The molecule has 0 saturated carbocycles. The fraction of sp³-hybridized carbons (Fsp3) is 0.240. The van der Waals surface area contributed by atoms with Gasteiger partial charge >= 0.3 is 0 Å². The Balaban J connectivity index is 1.80. The number of benzene rings is 3. The van der Waals surface area contributed by atoms with Crippen molar-refractivity contribution in [3.63, 3.8) is 0 Å². The van der Waals surface area contributed by atoms with Gasteiger partial charge in [0, 0.05) is 6.42 Å². The topological polar surface area (TPSA) is 47.6 Å². The Morgan fingerprint density at radius 2 is 1.41 bits per heavy atom. The number of carbonyl (C=O) groups is 1. The summed E-state index contributed by atoms with van der Waals surface area (Å²) in [5.41, 5.74) is 2.41. The summed E-state index contributed by atoms with van der Waals surface area (Å²) >= 11 is 0. The minimum atomic E-state index is -0.613. The molecule has 0 aliphatic rings. The molecule has 0 heterocycles. The van der Waals surface area contributed by atoms with Gasteiger partial charge in [0.05, 0.1) is 19.8 Å². The summed E-state index contributed by atoms with van der Waals surface area (Å²) < 4.78 is 10.8. The van der Waals surface area contributed by atoms with Crippen molar-refractivity contribution in [3.05, 3.63) is 95.6 Å². The van der Waals surface area contributed by atoms with E-state index in [-0.39, 0.29) is 5.91 Å². The molecule has 150 valence electrons. The first kappa shape index (κ1) is 20.5. The Kier molecular flexibility index (Phi) is 6.55. The van der Waals surface area contributed by atoms with Gasteiger partial charge in [-0.15, -0.1) is 0 Å². The highest BCUT2D eigenvalue weighted by molar-refractivity contribution is 5.78. The van der Waals surface area contributed by atoms with Crippen LogP contribution in [-0.2, 0) is 16.8 Å². The Morgan fingerprint density at radius 3 is 1.93 bits per heavy atom. The van der Waals surface area contributed by atoms with E-state index in [0.717, 1.165) is 16.7 Å². The van der Waals surface area contributed by atoms with E-state index in [1.807, 2.05) is 85.8 Å². The molecule has 0 bridgehead atoms. The summed E-state index contributed by atoms with van der Waals surface area (Å²) in [6, 6.07) is 25.8. The van der Waals surface area contributed by atoms with Crippen molar-refractivity contribution >= 4 is 5.91 Å². The van der Waals surface area contributed by atoms with Crippen LogP contribution in [0, 0.1) is 0 Å². The van der Waals surface area contributed by atoms with Gasteiger partial charge in [-0.2, -0.15) is 0 Å².